The number of fused-ring (bicyclic) bond motifs is 1. The molecule has 27 heavy (non-hydrogen) atoms. The Morgan fingerprint density at radius 2 is 1.78 bits per heavy atom. The van der Waals surface area contributed by atoms with Gasteiger partial charge in [0.25, 0.3) is 0 Å². The fourth-order valence-corrected chi connectivity index (χ4v) is 4.00. The number of benzene rings is 2. The molecule has 1 N–H and O–H groups in total. The minimum Gasteiger partial charge on any atom is -0.285 e. The van der Waals surface area contributed by atoms with Gasteiger partial charge in [-0.15, -0.1) is 0 Å². The molecule has 2 aromatic heterocycles. The van der Waals surface area contributed by atoms with E-state index in [1.54, 1.807) is 0 Å². The average Bonchev–Trinajstić information content (AvgIpc) is 2.98. The summed E-state index contributed by atoms with van der Waals surface area (Å²) in [4.78, 5) is 20.1. The van der Waals surface area contributed by atoms with Crippen LogP contribution in [-0.2, 0) is 5.75 Å². The number of hydrogen-bond donors (Lipinski definition) is 1. The smallest absolute Gasteiger partial charge is 0.285 e. The van der Waals surface area contributed by atoms with Crippen LogP contribution in [0.1, 0.15) is 22.4 Å². The van der Waals surface area contributed by atoms with Crippen LogP contribution in [0.4, 0.5) is 0 Å². The van der Waals surface area contributed by atoms with Crippen LogP contribution in [0.25, 0.3) is 16.8 Å². The maximum atomic E-state index is 12.5. The van der Waals surface area contributed by atoms with Crippen molar-refractivity contribution in [3.8, 4) is 11.1 Å². The van der Waals surface area contributed by atoms with Gasteiger partial charge in [0.05, 0.1) is 5.69 Å². The van der Waals surface area contributed by atoms with Gasteiger partial charge in [0.1, 0.15) is 0 Å². The van der Waals surface area contributed by atoms with Gasteiger partial charge >= 0.3 is 5.69 Å². The molecule has 2 heterocycles. The Morgan fingerprint density at radius 3 is 2.52 bits per heavy atom. The number of H-pyrrole nitrogens is 1. The van der Waals surface area contributed by atoms with E-state index < -0.39 is 0 Å². The molecule has 0 bridgehead atoms. The number of thioether (sulfide) groups is 1. The Bertz CT molecular complexity index is 1180. The molecule has 0 saturated carbocycles. The van der Waals surface area contributed by atoms with Crippen molar-refractivity contribution in [1.82, 2.24) is 19.6 Å². The molecule has 4 rings (SSSR count). The number of nitrogens with one attached hydrogen (secondary N) is 1. The Hall–Kier alpha value is -2.86. The second kappa shape index (κ2) is 7.04. The van der Waals surface area contributed by atoms with E-state index in [2.05, 4.69) is 48.2 Å². The fraction of sp³-hybridized carbons (Fsp3) is 0.190. The van der Waals surface area contributed by atoms with Crippen molar-refractivity contribution in [1.29, 1.82) is 0 Å². The predicted octanol–water partition coefficient (Wildman–Crippen LogP) is 4.30. The Kier molecular flexibility index (Phi) is 4.58. The Labute approximate surface area is 161 Å². The zero-order valence-corrected chi connectivity index (χ0v) is 16.3. The molecule has 0 amide bonds. The lowest BCUT2D eigenvalue weighted by Crippen LogP contribution is -2.19. The number of aromatic nitrogens is 4. The highest BCUT2D eigenvalue weighted by Gasteiger charge is 2.16. The molecule has 0 atom stereocenters. The zero-order valence-electron chi connectivity index (χ0n) is 15.5. The van der Waals surface area contributed by atoms with Crippen LogP contribution in [-0.4, -0.2) is 19.6 Å². The molecule has 0 aliphatic heterocycles. The highest BCUT2D eigenvalue weighted by Crippen LogP contribution is 2.28. The van der Waals surface area contributed by atoms with Gasteiger partial charge in [-0.3, -0.25) is 4.98 Å². The van der Waals surface area contributed by atoms with Crippen LogP contribution in [0.15, 0.2) is 58.5 Å². The summed E-state index contributed by atoms with van der Waals surface area (Å²) >= 11 is 1.52. The molecule has 0 spiro atoms. The molecule has 6 heteroatoms. The molecular formula is C21H20N4OS. The minimum absolute atomic E-state index is 0.270. The van der Waals surface area contributed by atoms with Gasteiger partial charge in [0, 0.05) is 11.3 Å². The van der Waals surface area contributed by atoms with E-state index in [0.29, 0.717) is 10.8 Å². The molecule has 0 aliphatic carbocycles. The topological polar surface area (TPSA) is 63.1 Å². The summed E-state index contributed by atoms with van der Waals surface area (Å²) in [6, 6.07) is 16.4. The molecule has 0 saturated heterocycles. The molecule has 2 aromatic carbocycles. The summed E-state index contributed by atoms with van der Waals surface area (Å²) in [5.74, 6) is 0.749. The number of hydrogen-bond acceptors (Lipinski definition) is 4. The number of rotatable bonds is 4. The van der Waals surface area contributed by atoms with Crippen molar-refractivity contribution in [3.05, 3.63) is 81.4 Å². The van der Waals surface area contributed by atoms with Crippen molar-refractivity contribution >= 4 is 17.4 Å². The Morgan fingerprint density at radius 1 is 1.04 bits per heavy atom. The lowest BCUT2D eigenvalue weighted by Gasteiger charge is -2.06. The largest absolute Gasteiger partial charge is 0.350 e. The molecule has 0 aliphatic rings. The van der Waals surface area contributed by atoms with E-state index in [0.717, 1.165) is 22.6 Å². The van der Waals surface area contributed by atoms with E-state index >= 15 is 0 Å². The summed E-state index contributed by atoms with van der Waals surface area (Å²) < 4.78 is 1.35. The standard InChI is InChI=1S/C21H20N4OS/c1-13-8-10-16(11-9-13)18-15(3)24-25-19(18)22-20(23-21(25)26)27-12-17-7-5-4-6-14(17)2/h4-11H,12H2,1-3H3,(H,22,23,26). The van der Waals surface area contributed by atoms with Crippen molar-refractivity contribution in [3.63, 3.8) is 0 Å². The van der Waals surface area contributed by atoms with Crippen LogP contribution in [0.2, 0.25) is 0 Å². The van der Waals surface area contributed by atoms with Gasteiger partial charge in [0.15, 0.2) is 10.8 Å². The third-order valence-electron chi connectivity index (χ3n) is 4.62. The van der Waals surface area contributed by atoms with Gasteiger partial charge < -0.3 is 0 Å². The summed E-state index contributed by atoms with van der Waals surface area (Å²) in [5.41, 5.74) is 6.68. The second-order valence-corrected chi connectivity index (χ2v) is 7.59. The van der Waals surface area contributed by atoms with Crippen LogP contribution in [0.5, 0.6) is 0 Å². The lowest BCUT2D eigenvalue weighted by molar-refractivity contribution is 0.779. The summed E-state index contributed by atoms with van der Waals surface area (Å²) in [6.07, 6.45) is 0. The molecule has 5 nitrogen and oxygen atoms in total. The van der Waals surface area contributed by atoms with Gasteiger partial charge in [-0.05, 0) is 37.5 Å². The molecular weight excluding hydrogens is 356 g/mol. The van der Waals surface area contributed by atoms with Gasteiger partial charge in [-0.1, -0.05) is 65.9 Å². The first-order valence-electron chi connectivity index (χ1n) is 8.77. The van der Waals surface area contributed by atoms with E-state index in [1.807, 2.05) is 31.2 Å². The first kappa shape index (κ1) is 17.5. The maximum absolute atomic E-state index is 12.5. The van der Waals surface area contributed by atoms with E-state index in [4.69, 9.17) is 4.98 Å². The molecule has 0 fully saturated rings. The third kappa shape index (κ3) is 3.40. The first-order chi connectivity index (χ1) is 13.0. The van der Waals surface area contributed by atoms with Crippen molar-refractivity contribution < 1.29 is 0 Å². The summed E-state index contributed by atoms with van der Waals surface area (Å²) in [5, 5.41) is 4.99. The van der Waals surface area contributed by atoms with Gasteiger partial charge in [0.2, 0.25) is 0 Å². The second-order valence-electron chi connectivity index (χ2n) is 6.62. The van der Waals surface area contributed by atoms with E-state index in [1.165, 1.54) is 33.0 Å². The number of aromatic amines is 1. The van der Waals surface area contributed by atoms with Crippen molar-refractivity contribution in [2.24, 2.45) is 0 Å². The summed E-state index contributed by atoms with van der Waals surface area (Å²) in [7, 11) is 0. The van der Waals surface area contributed by atoms with Crippen molar-refractivity contribution in [2.75, 3.05) is 0 Å². The molecule has 136 valence electrons. The highest BCUT2D eigenvalue weighted by molar-refractivity contribution is 7.98. The minimum atomic E-state index is -0.270. The highest BCUT2D eigenvalue weighted by atomic mass is 32.2. The van der Waals surface area contributed by atoms with E-state index in [-0.39, 0.29) is 5.69 Å². The monoisotopic (exact) mass is 376 g/mol. The van der Waals surface area contributed by atoms with Gasteiger partial charge in [-0.2, -0.15) is 9.61 Å². The van der Waals surface area contributed by atoms with Crippen LogP contribution in [0.3, 0.4) is 0 Å². The Balaban J connectivity index is 1.76. The molecule has 0 radical (unpaired) electrons. The molecule has 4 aromatic rings. The van der Waals surface area contributed by atoms with Crippen LogP contribution in [0, 0.1) is 20.8 Å². The number of nitrogens with zero attached hydrogens (tertiary/aromatic N) is 3. The third-order valence-corrected chi connectivity index (χ3v) is 5.54. The van der Waals surface area contributed by atoms with Crippen LogP contribution >= 0.6 is 11.8 Å². The fourth-order valence-electron chi connectivity index (χ4n) is 3.07. The van der Waals surface area contributed by atoms with Crippen LogP contribution < -0.4 is 5.69 Å². The average molecular weight is 376 g/mol. The zero-order chi connectivity index (χ0) is 19.0. The lowest BCUT2D eigenvalue weighted by atomic mass is 10.0. The first-order valence-corrected chi connectivity index (χ1v) is 9.75. The van der Waals surface area contributed by atoms with Crippen molar-refractivity contribution in [2.45, 2.75) is 31.7 Å². The van der Waals surface area contributed by atoms with Gasteiger partial charge in [-0.25, -0.2) is 9.78 Å². The quantitative estimate of drug-likeness (QED) is 0.539. The maximum Gasteiger partial charge on any atom is 0.350 e. The predicted molar refractivity (Wildman–Crippen MR) is 109 cm³/mol. The summed E-state index contributed by atoms with van der Waals surface area (Å²) in [6.45, 7) is 6.05. The normalized spacial score (nSPS) is 11.2. The van der Waals surface area contributed by atoms with E-state index in [9.17, 15) is 4.79 Å². The number of aryl methyl sites for hydroxylation is 3. The molecule has 0 unspecified atom stereocenters. The SMILES string of the molecule is Cc1ccc(-c2c(C)nn3c(=O)[nH]c(SCc4ccccc4C)nc23)cc1.